The molecular formula is C16H12N2O8. The molecule has 0 saturated carbocycles. The molecule has 3 aromatic rings. The zero-order chi connectivity index (χ0) is 19.2. The van der Waals surface area contributed by atoms with Crippen LogP contribution in [0.15, 0.2) is 24.3 Å². The summed E-state index contributed by atoms with van der Waals surface area (Å²) in [5, 5.41) is 44.4. The molecule has 3 rings (SSSR count). The van der Waals surface area contributed by atoms with Crippen molar-refractivity contribution in [3.63, 3.8) is 0 Å². The van der Waals surface area contributed by atoms with E-state index in [1.54, 1.807) is 0 Å². The van der Waals surface area contributed by atoms with Crippen LogP contribution in [-0.2, 0) is 0 Å². The van der Waals surface area contributed by atoms with Crippen LogP contribution in [0.1, 0.15) is 20.7 Å². The lowest BCUT2D eigenvalue weighted by atomic mass is 10.1. The van der Waals surface area contributed by atoms with Crippen molar-refractivity contribution in [2.24, 2.45) is 0 Å². The molecule has 2 aromatic carbocycles. The molecule has 1 heterocycles. The lowest BCUT2D eigenvalue weighted by molar-refractivity contribution is -0.591. The number of carboxylic acids is 2. The van der Waals surface area contributed by atoms with Gasteiger partial charge in [-0.05, 0) is 0 Å². The van der Waals surface area contributed by atoms with Gasteiger partial charge >= 0.3 is 23.0 Å². The third kappa shape index (κ3) is 2.35. The van der Waals surface area contributed by atoms with Crippen molar-refractivity contribution in [3.8, 4) is 11.5 Å². The minimum absolute atomic E-state index is 0.0317. The Morgan fingerprint density at radius 2 is 1.15 bits per heavy atom. The van der Waals surface area contributed by atoms with Gasteiger partial charge in [0.25, 0.3) is 11.0 Å². The van der Waals surface area contributed by atoms with Crippen LogP contribution in [-0.4, -0.2) is 36.4 Å². The molecule has 0 aliphatic carbocycles. The van der Waals surface area contributed by atoms with Crippen molar-refractivity contribution < 1.29 is 38.7 Å². The number of benzene rings is 2. The van der Waals surface area contributed by atoms with E-state index in [4.69, 9.17) is 9.47 Å². The van der Waals surface area contributed by atoms with E-state index in [0.29, 0.717) is 0 Å². The van der Waals surface area contributed by atoms with Crippen LogP contribution < -0.4 is 18.9 Å². The van der Waals surface area contributed by atoms with E-state index >= 15 is 0 Å². The maximum absolute atomic E-state index is 12.8. The lowest BCUT2D eigenvalue weighted by Crippen LogP contribution is -2.41. The second kappa shape index (κ2) is 5.92. The Bertz CT molecular complexity index is 1010. The smallest absolute Gasteiger partial charge is 0.342 e. The molecule has 0 fully saturated rings. The summed E-state index contributed by atoms with van der Waals surface area (Å²) in [6, 6.07) is 4.53. The number of nitrogens with zero attached hydrogens (tertiary/aromatic N) is 2. The average molecular weight is 360 g/mol. The fourth-order valence-corrected chi connectivity index (χ4v) is 2.73. The topological polar surface area (TPSA) is 147 Å². The monoisotopic (exact) mass is 360 g/mol. The van der Waals surface area contributed by atoms with Gasteiger partial charge in [-0.25, -0.2) is 9.59 Å². The number of carboxylic acid groups (broad SMARTS) is 2. The minimum Gasteiger partial charge on any atom is -0.617 e. The first-order valence-corrected chi connectivity index (χ1v) is 7.15. The molecule has 0 aliphatic heterocycles. The number of carbonyl (C=O) groups is 2. The van der Waals surface area contributed by atoms with E-state index < -0.39 is 34.1 Å². The Kier molecular flexibility index (Phi) is 3.87. The first kappa shape index (κ1) is 17.0. The Hall–Kier alpha value is -3.82. The summed E-state index contributed by atoms with van der Waals surface area (Å²) in [6.07, 6.45) is 0. The van der Waals surface area contributed by atoms with Crippen molar-refractivity contribution in [1.29, 1.82) is 0 Å². The Labute approximate surface area is 145 Å². The number of aromatic nitrogens is 2. The molecule has 2 N–H and O–H groups in total. The number of methoxy groups -OCH3 is 2. The number of hydrogen-bond donors (Lipinski definition) is 2. The van der Waals surface area contributed by atoms with E-state index in [0.717, 1.165) is 12.1 Å². The lowest BCUT2D eigenvalue weighted by Gasteiger charge is -2.12. The fourth-order valence-electron chi connectivity index (χ4n) is 2.73. The van der Waals surface area contributed by atoms with Crippen molar-refractivity contribution in [2.75, 3.05) is 14.2 Å². The first-order valence-electron chi connectivity index (χ1n) is 7.15. The summed E-state index contributed by atoms with van der Waals surface area (Å²) >= 11 is 0. The summed E-state index contributed by atoms with van der Waals surface area (Å²) in [4.78, 5) is 23.1. The van der Waals surface area contributed by atoms with E-state index in [1.165, 1.54) is 26.4 Å². The Morgan fingerprint density at radius 1 is 0.808 bits per heavy atom. The van der Waals surface area contributed by atoms with Gasteiger partial charge in [0.05, 0.1) is 26.4 Å². The molecular weight excluding hydrogens is 348 g/mol. The van der Waals surface area contributed by atoms with E-state index in [-0.39, 0.29) is 32.0 Å². The molecule has 26 heavy (non-hydrogen) atoms. The van der Waals surface area contributed by atoms with Gasteiger partial charge in [-0.1, -0.05) is 0 Å². The van der Waals surface area contributed by atoms with Gasteiger partial charge in [-0.3, -0.25) is 0 Å². The molecule has 10 heteroatoms. The second-order valence-corrected chi connectivity index (χ2v) is 5.28. The molecule has 0 bridgehead atoms. The molecule has 0 aliphatic rings. The molecule has 0 atom stereocenters. The zero-order valence-corrected chi connectivity index (χ0v) is 13.5. The summed E-state index contributed by atoms with van der Waals surface area (Å²) in [6.45, 7) is 0. The number of rotatable bonds is 4. The molecule has 0 amide bonds. The maximum Gasteiger partial charge on any atom is 0.342 e. The van der Waals surface area contributed by atoms with Gasteiger partial charge in [0, 0.05) is 12.1 Å². The van der Waals surface area contributed by atoms with Crippen molar-refractivity contribution in [1.82, 2.24) is 0 Å². The number of ether oxygens (including phenoxy) is 2. The van der Waals surface area contributed by atoms with Gasteiger partial charge in [0.1, 0.15) is 22.6 Å². The van der Waals surface area contributed by atoms with Crippen molar-refractivity contribution in [2.45, 2.75) is 0 Å². The summed E-state index contributed by atoms with van der Waals surface area (Å²) < 4.78 is 10.4. The van der Waals surface area contributed by atoms with Crippen molar-refractivity contribution in [3.05, 3.63) is 45.8 Å². The predicted octanol–water partition coefficient (Wildman–Crippen LogP) is 0.673. The van der Waals surface area contributed by atoms with Crippen LogP contribution in [0.2, 0.25) is 0 Å². The maximum atomic E-state index is 12.8. The largest absolute Gasteiger partial charge is 0.617 e. The quantitative estimate of drug-likeness (QED) is 0.392. The molecule has 0 saturated heterocycles. The molecule has 1 aromatic heterocycles. The average Bonchev–Trinajstić information content (AvgIpc) is 2.63. The van der Waals surface area contributed by atoms with Crippen LogP contribution >= 0.6 is 0 Å². The summed E-state index contributed by atoms with van der Waals surface area (Å²) in [5.41, 5.74) is -2.44. The van der Waals surface area contributed by atoms with Crippen LogP contribution in [0.5, 0.6) is 11.5 Å². The van der Waals surface area contributed by atoms with E-state index in [1.807, 2.05) is 0 Å². The third-order valence-electron chi connectivity index (χ3n) is 3.90. The van der Waals surface area contributed by atoms with Crippen LogP contribution in [0.4, 0.5) is 0 Å². The molecule has 0 spiro atoms. The highest BCUT2D eigenvalue weighted by atomic mass is 16.5. The zero-order valence-electron chi connectivity index (χ0n) is 13.5. The number of fused-ring (bicyclic) bond motifs is 2. The van der Waals surface area contributed by atoms with E-state index in [9.17, 15) is 30.2 Å². The van der Waals surface area contributed by atoms with Gasteiger partial charge < -0.3 is 30.1 Å². The minimum atomic E-state index is -1.45. The van der Waals surface area contributed by atoms with Gasteiger partial charge in [0.2, 0.25) is 0 Å². The van der Waals surface area contributed by atoms with Crippen LogP contribution in [0, 0.1) is 10.4 Å². The second-order valence-electron chi connectivity index (χ2n) is 5.28. The summed E-state index contributed by atoms with van der Waals surface area (Å²) in [7, 11) is 2.53. The predicted molar refractivity (Wildman–Crippen MR) is 86.4 cm³/mol. The van der Waals surface area contributed by atoms with Crippen LogP contribution in [0.3, 0.4) is 0 Å². The Balaban J connectivity index is 2.65. The van der Waals surface area contributed by atoms with Crippen LogP contribution in [0.25, 0.3) is 22.1 Å². The summed E-state index contributed by atoms with van der Waals surface area (Å²) in [5.74, 6) is -2.83. The number of aromatic carboxylic acids is 2. The highest BCUT2D eigenvalue weighted by Gasteiger charge is 2.32. The van der Waals surface area contributed by atoms with Gasteiger partial charge in [-0.15, -0.1) is 0 Å². The van der Waals surface area contributed by atoms with Gasteiger partial charge in [0.15, 0.2) is 0 Å². The first-order chi connectivity index (χ1) is 12.3. The normalized spacial score (nSPS) is 10.8. The molecule has 0 unspecified atom stereocenters. The fraction of sp³-hybridized carbons (Fsp3) is 0.125. The van der Waals surface area contributed by atoms with Crippen molar-refractivity contribution >= 4 is 34.0 Å². The molecule has 0 radical (unpaired) electrons. The molecule has 134 valence electrons. The molecule has 10 nitrogen and oxygen atoms in total. The highest BCUT2D eigenvalue weighted by Crippen LogP contribution is 2.26. The SMILES string of the molecule is COc1cc(C(=O)O)c2c(c1)[n+]([O-])c1c(C(=O)O)cc(OC)cc1[n+]2[O-]. The van der Waals surface area contributed by atoms with Gasteiger partial charge in [-0.2, -0.15) is 9.46 Å². The number of hydrogen-bond acceptors (Lipinski definition) is 6. The van der Waals surface area contributed by atoms with E-state index in [2.05, 4.69) is 0 Å². The third-order valence-corrected chi connectivity index (χ3v) is 3.90. The Morgan fingerprint density at radius 3 is 1.42 bits per heavy atom. The highest BCUT2D eigenvalue weighted by molar-refractivity contribution is 6.03. The standard InChI is InChI=1S/C16H12N2O8/c1-25-7-3-9(15(19)20)13-11(5-7)17(23)14-10(16(21)22)4-8(26-2)6-12(14)18(13)24/h3-6H,1-2H3,(H,19,20)(H,21,22).